The van der Waals surface area contributed by atoms with E-state index in [0.717, 1.165) is 30.8 Å². The van der Waals surface area contributed by atoms with Crippen molar-refractivity contribution in [3.05, 3.63) is 86.4 Å². The number of likely N-dealkylation sites (tertiary alicyclic amines) is 2. The van der Waals surface area contributed by atoms with Gasteiger partial charge in [-0.1, -0.05) is 59.9 Å². The highest BCUT2D eigenvalue weighted by Crippen LogP contribution is 2.42. The lowest BCUT2D eigenvalue weighted by atomic mass is 9.71. The number of carbonyl (C=O) groups excluding carboxylic acids is 2. The van der Waals surface area contributed by atoms with Gasteiger partial charge in [-0.3, -0.25) is 9.59 Å². The molecule has 2 amide bonds. The van der Waals surface area contributed by atoms with E-state index in [4.69, 9.17) is 49.0 Å². The number of nitrogens with zero attached hydrogens (tertiary/aromatic N) is 2. The molecular formula is C34H38Cl3N3O5. The van der Waals surface area contributed by atoms with Crippen molar-refractivity contribution in [2.24, 2.45) is 0 Å². The number of carbonyl (C=O) groups is 2. The Morgan fingerprint density at radius 1 is 0.800 bits per heavy atom. The number of nitrogens with one attached hydrogen (secondary N) is 1. The summed E-state index contributed by atoms with van der Waals surface area (Å²) >= 11 is 19.1. The van der Waals surface area contributed by atoms with Crippen molar-refractivity contribution in [1.29, 1.82) is 0 Å². The van der Waals surface area contributed by atoms with Gasteiger partial charge in [-0.2, -0.15) is 0 Å². The number of ether oxygens (including phenoxy) is 3. The molecule has 5 rings (SSSR count). The zero-order valence-corrected chi connectivity index (χ0v) is 28.2. The summed E-state index contributed by atoms with van der Waals surface area (Å²) in [6, 6.07) is 16.2. The Balaban J connectivity index is 1.52. The summed E-state index contributed by atoms with van der Waals surface area (Å²) < 4.78 is 16.4. The fraction of sp³-hybridized carbons (Fsp3) is 0.412. The van der Waals surface area contributed by atoms with E-state index in [9.17, 15) is 9.59 Å². The Bertz CT molecular complexity index is 1530. The van der Waals surface area contributed by atoms with Crippen LogP contribution in [-0.2, 0) is 15.7 Å². The van der Waals surface area contributed by atoms with E-state index in [1.54, 1.807) is 29.2 Å². The first-order valence-electron chi connectivity index (χ1n) is 15.0. The number of hydrogen-bond donors (Lipinski definition) is 1. The maximum absolute atomic E-state index is 14.7. The average molecular weight is 675 g/mol. The van der Waals surface area contributed by atoms with E-state index in [1.165, 1.54) is 21.3 Å². The van der Waals surface area contributed by atoms with Crippen LogP contribution in [-0.4, -0.2) is 75.7 Å². The van der Waals surface area contributed by atoms with Gasteiger partial charge in [-0.15, -0.1) is 0 Å². The number of piperidine rings is 1. The number of methoxy groups -OCH3 is 3. The Hall–Kier alpha value is -3.17. The number of benzene rings is 3. The number of amides is 2. The molecule has 8 nitrogen and oxygen atoms in total. The zero-order chi connectivity index (χ0) is 32.4. The second-order valence-corrected chi connectivity index (χ2v) is 12.8. The van der Waals surface area contributed by atoms with Crippen molar-refractivity contribution in [1.82, 2.24) is 15.1 Å². The fourth-order valence-electron chi connectivity index (χ4n) is 6.58. The van der Waals surface area contributed by atoms with Crippen LogP contribution in [0.2, 0.25) is 15.1 Å². The molecule has 0 saturated carbocycles. The average Bonchev–Trinajstić information content (AvgIpc) is 3.50. The molecule has 1 atom stereocenters. The molecule has 1 unspecified atom stereocenters. The van der Waals surface area contributed by atoms with Crippen LogP contribution in [0.3, 0.4) is 0 Å². The number of hydrogen-bond acceptors (Lipinski definition) is 6. The van der Waals surface area contributed by atoms with Crippen LogP contribution in [0.1, 0.15) is 47.7 Å². The first-order chi connectivity index (χ1) is 21.6. The Morgan fingerprint density at radius 2 is 1.42 bits per heavy atom. The van der Waals surface area contributed by atoms with Crippen LogP contribution in [0.4, 0.5) is 0 Å². The highest BCUT2D eigenvalue weighted by atomic mass is 35.5. The predicted octanol–water partition coefficient (Wildman–Crippen LogP) is 6.58. The lowest BCUT2D eigenvalue weighted by Crippen LogP contribution is -2.57. The Kier molecular flexibility index (Phi) is 10.1. The van der Waals surface area contributed by atoms with Crippen LogP contribution >= 0.6 is 34.8 Å². The minimum Gasteiger partial charge on any atom is -0.493 e. The van der Waals surface area contributed by atoms with E-state index >= 15 is 0 Å². The lowest BCUT2D eigenvalue weighted by molar-refractivity contribution is -0.130. The van der Waals surface area contributed by atoms with E-state index in [1.807, 2.05) is 30.3 Å². The predicted molar refractivity (Wildman–Crippen MR) is 177 cm³/mol. The maximum Gasteiger partial charge on any atom is 0.254 e. The summed E-state index contributed by atoms with van der Waals surface area (Å²) in [5, 5.41) is 4.86. The van der Waals surface area contributed by atoms with E-state index in [-0.39, 0.29) is 18.4 Å². The summed E-state index contributed by atoms with van der Waals surface area (Å²) in [6.45, 7) is 5.25. The SMILES string of the molecule is CCN1CCC(C(=O)NC2(c3ccc(Cl)c(Cl)c3)CCN(C(=O)c3cc(OC)c(OC)c(OC)c3)C2)(c2ccc(Cl)cc2)CC1. The maximum atomic E-state index is 14.7. The van der Waals surface area contributed by atoms with Gasteiger partial charge in [0.15, 0.2) is 11.5 Å². The molecular weight excluding hydrogens is 637 g/mol. The second kappa shape index (κ2) is 13.7. The normalized spacial score (nSPS) is 19.7. The van der Waals surface area contributed by atoms with Crippen LogP contribution in [0.25, 0.3) is 0 Å². The molecule has 3 aromatic carbocycles. The molecule has 2 saturated heterocycles. The van der Waals surface area contributed by atoms with Gasteiger partial charge in [0.05, 0.1) is 42.3 Å². The smallest absolute Gasteiger partial charge is 0.254 e. The number of halogens is 3. The summed E-state index contributed by atoms with van der Waals surface area (Å²) in [5.41, 5.74) is 0.400. The van der Waals surface area contributed by atoms with Crippen molar-refractivity contribution in [3.8, 4) is 17.2 Å². The van der Waals surface area contributed by atoms with Gasteiger partial charge in [0.25, 0.3) is 5.91 Å². The lowest BCUT2D eigenvalue weighted by Gasteiger charge is -2.43. The molecule has 2 aliphatic rings. The molecule has 0 aliphatic carbocycles. The standard InChI is InChI=1S/C34H38Cl3N3O5/c1-5-39-15-12-33(13-16-39,23-6-9-25(35)10-7-23)32(42)38-34(24-8-11-26(36)27(37)20-24)14-17-40(21-34)31(41)22-18-28(43-2)30(45-4)29(19-22)44-3/h6-11,18-20H,5,12-17,21H2,1-4H3,(H,38,42). The zero-order valence-electron chi connectivity index (χ0n) is 25.9. The van der Waals surface area contributed by atoms with Crippen LogP contribution in [0.5, 0.6) is 17.2 Å². The first kappa shape index (κ1) is 33.2. The van der Waals surface area contributed by atoms with Gasteiger partial charge in [0.2, 0.25) is 11.7 Å². The molecule has 0 bridgehead atoms. The van der Waals surface area contributed by atoms with E-state index in [0.29, 0.717) is 63.7 Å². The van der Waals surface area contributed by atoms with Gasteiger partial charge in [0, 0.05) is 23.7 Å². The molecule has 3 aromatic rings. The highest BCUT2D eigenvalue weighted by molar-refractivity contribution is 6.42. The molecule has 2 fully saturated rings. The van der Waals surface area contributed by atoms with Gasteiger partial charge < -0.3 is 29.3 Å². The van der Waals surface area contributed by atoms with Gasteiger partial charge in [0.1, 0.15) is 0 Å². The third-order valence-corrected chi connectivity index (χ3v) is 10.3. The quantitative estimate of drug-likeness (QED) is 0.276. The van der Waals surface area contributed by atoms with Crippen molar-refractivity contribution in [2.75, 3.05) is 54.1 Å². The molecule has 0 aromatic heterocycles. The van der Waals surface area contributed by atoms with Gasteiger partial charge >= 0.3 is 0 Å². The Morgan fingerprint density at radius 3 is 1.98 bits per heavy atom. The molecule has 0 radical (unpaired) electrons. The van der Waals surface area contributed by atoms with Crippen molar-refractivity contribution in [2.45, 2.75) is 37.1 Å². The minimum absolute atomic E-state index is 0.0891. The topological polar surface area (TPSA) is 80.3 Å². The van der Waals surface area contributed by atoms with Crippen molar-refractivity contribution in [3.63, 3.8) is 0 Å². The molecule has 45 heavy (non-hydrogen) atoms. The summed E-state index contributed by atoms with van der Waals surface area (Å²) in [7, 11) is 4.53. The monoisotopic (exact) mass is 673 g/mol. The molecule has 240 valence electrons. The molecule has 2 heterocycles. The summed E-state index contributed by atoms with van der Waals surface area (Å²) in [4.78, 5) is 32.8. The van der Waals surface area contributed by atoms with Crippen LogP contribution in [0, 0.1) is 0 Å². The minimum atomic E-state index is -0.914. The molecule has 2 aliphatic heterocycles. The van der Waals surface area contributed by atoms with Crippen molar-refractivity contribution >= 4 is 46.6 Å². The number of rotatable bonds is 9. The third-order valence-electron chi connectivity index (χ3n) is 9.28. The fourth-order valence-corrected chi connectivity index (χ4v) is 7.00. The molecule has 11 heteroatoms. The Labute approximate surface area is 279 Å². The summed E-state index contributed by atoms with van der Waals surface area (Å²) in [6.07, 6.45) is 1.78. The summed E-state index contributed by atoms with van der Waals surface area (Å²) in [5.74, 6) is 0.846. The van der Waals surface area contributed by atoms with Gasteiger partial charge in [-0.05, 0) is 86.4 Å². The van der Waals surface area contributed by atoms with Crippen molar-refractivity contribution < 1.29 is 23.8 Å². The highest BCUT2D eigenvalue weighted by Gasteiger charge is 2.49. The van der Waals surface area contributed by atoms with Crippen LogP contribution < -0.4 is 19.5 Å². The molecule has 0 spiro atoms. The third kappa shape index (κ3) is 6.43. The van der Waals surface area contributed by atoms with Crippen LogP contribution in [0.15, 0.2) is 54.6 Å². The second-order valence-electron chi connectivity index (χ2n) is 11.6. The largest absolute Gasteiger partial charge is 0.493 e. The first-order valence-corrected chi connectivity index (χ1v) is 16.1. The van der Waals surface area contributed by atoms with E-state index in [2.05, 4.69) is 17.1 Å². The van der Waals surface area contributed by atoms with E-state index < -0.39 is 11.0 Å². The molecule has 1 N–H and O–H groups in total. The van der Waals surface area contributed by atoms with Gasteiger partial charge in [-0.25, -0.2) is 0 Å².